The van der Waals surface area contributed by atoms with Crippen LogP contribution in [-0.2, 0) is 6.42 Å². The fourth-order valence-corrected chi connectivity index (χ4v) is 3.29. The van der Waals surface area contributed by atoms with Crippen molar-refractivity contribution in [2.24, 2.45) is 5.73 Å². The molecule has 0 saturated heterocycles. The minimum Gasteiger partial charge on any atom is -0.345 e. The van der Waals surface area contributed by atoms with Crippen LogP contribution in [0.5, 0.6) is 0 Å². The molecule has 0 saturated carbocycles. The Morgan fingerprint density at radius 1 is 1.14 bits per heavy atom. The third kappa shape index (κ3) is 2.92. The summed E-state index contributed by atoms with van der Waals surface area (Å²) in [6.45, 7) is 0.749. The summed E-state index contributed by atoms with van der Waals surface area (Å²) in [7, 11) is 2.09. The average molecular weight is 301 g/mol. The van der Waals surface area contributed by atoms with Gasteiger partial charge < -0.3 is 10.6 Å². The second-order valence-corrected chi connectivity index (χ2v) is 6.18. The van der Waals surface area contributed by atoms with Gasteiger partial charge in [0.1, 0.15) is 0 Å². The van der Waals surface area contributed by atoms with Crippen LogP contribution < -0.4 is 10.6 Å². The van der Waals surface area contributed by atoms with Crippen molar-refractivity contribution in [1.29, 1.82) is 0 Å². The van der Waals surface area contributed by atoms with Crippen molar-refractivity contribution in [3.63, 3.8) is 0 Å². The van der Waals surface area contributed by atoms with Crippen molar-refractivity contribution in [2.45, 2.75) is 25.2 Å². The third-order valence-electron chi connectivity index (χ3n) is 4.45. The van der Waals surface area contributed by atoms with E-state index < -0.39 is 0 Å². The summed E-state index contributed by atoms with van der Waals surface area (Å²) in [6.07, 6.45) is 3.62. The zero-order chi connectivity index (χ0) is 14.8. The van der Waals surface area contributed by atoms with E-state index >= 15 is 0 Å². The maximum atomic E-state index is 5.96. The number of rotatable bonds is 3. The summed E-state index contributed by atoms with van der Waals surface area (Å²) < 4.78 is 0. The number of hydrogen-bond donors (Lipinski definition) is 1. The van der Waals surface area contributed by atoms with Crippen molar-refractivity contribution in [3.05, 3.63) is 58.6 Å². The lowest BCUT2D eigenvalue weighted by atomic mass is 9.82. The van der Waals surface area contributed by atoms with Crippen molar-refractivity contribution in [3.8, 4) is 0 Å². The molecule has 0 heterocycles. The first-order chi connectivity index (χ1) is 10.2. The van der Waals surface area contributed by atoms with Crippen LogP contribution >= 0.6 is 11.6 Å². The number of aryl methyl sites for hydroxylation is 1. The van der Waals surface area contributed by atoms with Crippen LogP contribution in [0.2, 0.25) is 5.02 Å². The van der Waals surface area contributed by atoms with Gasteiger partial charge in [-0.05, 0) is 79.3 Å². The zero-order valence-electron chi connectivity index (χ0n) is 12.3. The summed E-state index contributed by atoms with van der Waals surface area (Å²) in [5.74, 6) is 0.531. The smallest absolute Gasteiger partial charge is 0.0411 e. The molecule has 0 bridgehead atoms. The molecule has 1 aliphatic carbocycles. The molecule has 2 N–H and O–H groups in total. The van der Waals surface area contributed by atoms with E-state index in [2.05, 4.69) is 30.1 Å². The predicted octanol–water partition coefficient (Wildman–Crippen LogP) is 4.49. The molecule has 0 amide bonds. The van der Waals surface area contributed by atoms with Gasteiger partial charge in [-0.2, -0.15) is 0 Å². The fourth-order valence-electron chi connectivity index (χ4n) is 3.17. The van der Waals surface area contributed by atoms with Gasteiger partial charge in [-0.3, -0.25) is 0 Å². The predicted molar refractivity (Wildman–Crippen MR) is 90.7 cm³/mol. The zero-order valence-corrected chi connectivity index (χ0v) is 13.1. The molecule has 1 atom stereocenters. The summed E-state index contributed by atoms with van der Waals surface area (Å²) >= 11 is 5.96. The van der Waals surface area contributed by atoms with Crippen LogP contribution in [-0.4, -0.2) is 13.6 Å². The molecule has 0 fully saturated rings. The van der Waals surface area contributed by atoms with Crippen LogP contribution in [0.25, 0.3) is 0 Å². The van der Waals surface area contributed by atoms with Crippen LogP contribution in [0.4, 0.5) is 11.4 Å². The van der Waals surface area contributed by atoms with Crippen molar-refractivity contribution in [1.82, 2.24) is 0 Å². The van der Waals surface area contributed by atoms with Gasteiger partial charge in [-0.15, -0.1) is 0 Å². The van der Waals surface area contributed by atoms with Crippen LogP contribution in [0.3, 0.4) is 0 Å². The SMILES string of the molecule is CN(c1ccc(Cl)cc1)c1ccc2c(c1)CCC[C@H]2CN. The summed E-state index contributed by atoms with van der Waals surface area (Å²) in [6, 6.07) is 14.7. The molecular formula is C18H21ClN2. The molecule has 0 aromatic heterocycles. The van der Waals surface area contributed by atoms with Gasteiger partial charge >= 0.3 is 0 Å². The molecular weight excluding hydrogens is 280 g/mol. The summed E-state index contributed by atoms with van der Waals surface area (Å²) in [5, 5.41) is 0.767. The molecule has 0 aliphatic heterocycles. The van der Waals surface area contributed by atoms with E-state index in [1.807, 2.05) is 24.3 Å². The van der Waals surface area contributed by atoms with Gasteiger partial charge in [0.2, 0.25) is 0 Å². The lowest BCUT2D eigenvalue weighted by molar-refractivity contribution is 0.561. The van der Waals surface area contributed by atoms with E-state index in [0.29, 0.717) is 5.92 Å². The largest absolute Gasteiger partial charge is 0.345 e. The Kier molecular flexibility index (Phi) is 4.18. The normalized spacial score (nSPS) is 17.4. The highest BCUT2D eigenvalue weighted by molar-refractivity contribution is 6.30. The Morgan fingerprint density at radius 2 is 1.86 bits per heavy atom. The lowest BCUT2D eigenvalue weighted by Gasteiger charge is -2.27. The number of hydrogen-bond acceptors (Lipinski definition) is 2. The molecule has 2 aromatic carbocycles. The van der Waals surface area contributed by atoms with Crippen molar-refractivity contribution < 1.29 is 0 Å². The van der Waals surface area contributed by atoms with E-state index in [1.54, 1.807) is 0 Å². The van der Waals surface area contributed by atoms with Gasteiger partial charge in [0, 0.05) is 23.4 Å². The highest BCUT2D eigenvalue weighted by Gasteiger charge is 2.19. The highest BCUT2D eigenvalue weighted by atomic mass is 35.5. The molecule has 3 heteroatoms. The van der Waals surface area contributed by atoms with Gasteiger partial charge in [0.15, 0.2) is 0 Å². The average Bonchev–Trinajstić information content (AvgIpc) is 2.53. The highest BCUT2D eigenvalue weighted by Crippen LogP contribution is 2.34. The Morgan fingerprint density at radius 3 is 2.57 bits per heavy atom. The molecule has 2 nitrogen and oxygen atoms in total. The second-order valence-electron chi connectivity index (χ2n) is 5.74. The van der Waals surface area contributed by atoms with Crippen LogP contribution in [0.1, 0.15) is 29.9 Å². The first-order valence-electron chi connectivity index (χ1n) is 7.51. The van der Waals surface area contributed by atoms with Gasteiger partial charge in [-0.1, -0.05) is 17.7 Å². The quantitative estimate of drug-likeness (QED) is 0.905. The number of nitrogens with zero attached hydrogens (tertiary/aromatic N) is 1. The number of nitrogens with two attached hydrogens (primary N) is 1. The van der Waals surface area contributed by atoms with E-state index in [9.17, 15) is 0 Å². The molecule has 3 rings (SSSR count). The van der Waals surface area contributed by atoms with E-state index in [0.717, 1.165) is 23.7 Å². The van der Waals surface area contributed by atoms with Gasteiger partial charge in [0.05, 0.1) is 0 Å². The first kappa shape index (κ1) is 14.4. The van der Waals surface area contributed by atoms with Crippen LogP contribution in [0.15, 0.2) is 42.5 Å². The number of halogens is 1. The van der Waals surface area contributed by atoms with Crippen LogP contribution in [0, 0.1) is 0 Å². The third-order valence-corrected chi connectivity index (χ3v) is 4.70. The second kappa shape index (κ2) is 6.08. The maximum Gasteiger partial charge on any atom is 0.0411 e. The molecule has 21 heavy (non-hydrogen) atoms. The van der Waals surface area contributed by atoms with Gasteiger partial charge in [0.25, 0.3) is 0 Å². The molecule has 0 unspecified atom stereocenters. The Balaban J connectivity index is 1.91. The van der Waals surface area contributed by atoms with E-state index in [4.69, 9.17) is 17.3 Å². The Hall–Kier alpha value is -1.51. The van der Waals surface area contributed by atoms with Crippen molar-refractivity contribution >= 4 is 23.0 Å². The topological polar surface area (TPSA) is 29.3 Å². The summed E-state index contributed by atoms with van der Waals surface area (Å²) in [4.78, 5) is 2.20. The van der Waals surface area contributed by atoms with E-state index in [1.165, 1.54) is 29.7 Å². The van der Waals surface area contributed by atoms with Gasteiger partial charge in [-0.25, -0.2) is 0 Å². The maximum absolute atomic E-state index is 5.96. The molecule has 110 valence electrons. The standard InChI is InChI=1S/C18H21ClN2/c1-21(16-7-5-15(19)6-8-16)17-9-10-18-13(11-17)3-2-4-14(18)12-20/h5-11,14H,2-4,12,20H2,1H3/t14-/m0/s1. The Bertz CT molecular complexity index is 622. The fraction of sp³-hybridized carbons (Fsp3) is 0.333. The molecule has 0 spiro atoms. The summed E-state index contributed by atoms with van der Waals surface area (Å²) in [5.41, 5.74) is 11.2. The molecule has 2 aromatic rings. The lowest BCUT2D eigenvalue weighted by Crippen LogP contribution is -2.19. The first-order valence-corrected chi connectivity index (χ1v) is 7.89. The monoisotopic (exact) mass is 300 g/mol. The minimum atomic E-state index is 0.531. The number of benzene rings is 2. The molecule has 1 aliphatic rings. The minimum absolute atomic E-state index is 0.531. The number of fused-ring (bicyclic) bond motifs is 1. The van der Waals surface area contributed by atoms with Crippen molar-refractivity contribution in [2.75, 3.05) is 18.5 Å². The Labute approximate surface area is 131 Å². The van der Waals surface area contributed by atoms with E-state index in [-0.39, 0.29) is 0 Å². The molecule has 0 radical (unpaired) electrons. The number of anilines is 2.